The van der Waals surface area contributed by atoms with Gasteiger partial charge in [0.25, 0.3) is 0 Å². The van der Waals surface area contributed by atoms with Crippen molar-refractivity contribution in [2.75, 3.05) is 40.9 Å². The molecule has 0 aromatic carbocycles. The van der Waals surface area contributed by atoms with E-state index in [2.05, 4.69) is 31.3 Å². The highest BCUT2D eigenvalue weighted by molar-refractivity contribution is 7.47. The van der Waals surface area contributed by atoms with Crippen LogP contribution in [0.1, 0.15) is 393 Å². The number of nitrogens with one attached hydrogen (secondary N) is 1. The molecule has 3 N–H and O–H groups in total. The second kappa shape index (κ2) is 65.4. The Bertz CT molecular complexity index is 1400. The first-order valence-electron chi connectivity index (χ1n) is 37.2. The zero-order valence-corrected chi connectivity index (χ0v) is 57.6. The maximum absolute atomic E-state index is 13.1. The van der Waals surface area contributed by atoms with Gasteiger partial charge < -0.3 is 19.8 Å². The van der Waals surface area contributed by atoms with Gasteiger partial charge in [0.1, 0.15) is 13.2 Å². The lowest BCUT2D eigenvalue weighted by Gasteiger charge is -2.25. The van der Waals surface area contributed by atoms with E-state index in [1.807, 2.05) is 27.2 Å². The number of aliphatic hydroxyl groups is 1. The normalized spacial score (nSPS) is 13.7. The SMILES string of the molecule is CCCCCCCCCC/C=C\CCCCCCCCCCCCCCCCCCCCCCCCCCCCCC(=O)NC(COP(=O)(O)OCC[N+](C)(C)C)C(O)/C=C/CCCCCCCCCCCCCCCCCCCCCC. The summed E-state index contributed by atoms with van der Waals surface area (Å²) in [5, 5.41) is 14.0. The van der Waals surface area contributed by atoms with Crippen LogP contribution in [0, 0.1) is 0 Å². The van der Waals surface area contributed by atoms with Gasteiger partial charge in [0.05, 0.1) is 39.9 Å². The van der Waals surface area contributed by atoms with Gasteiger partial charge in [-0.15, -0.1) is 0 Å². The van der Waals surface area contributed by atoms with E-state index in [0.29, 0.717) is 17.4 Å². The molecule has 3 unspecified atom stereocenters. The Morgan fingerprint density at radius 1 is 0.398 bits per heavy atom. The largest absolute Gasteiger partial charge is 0.472 e. The van der Waals surface area contributed by atoms with E-state index in [4.69, 9.17) is 9.05 Å². The standard InChI is InChI=1S/C74H147N2O6P/c1-6-8-10-12-14-16-18-20-22-24-26-28-30-31-32-33-34-35-36-37-38-39-40-41-42-43-44-45-46-48-50-52-54-56-58-60-62-64-66-68-74(78)75-72(71-82-83(79,80)81-70-69-76(3,4)5)73(77)67-65-63-61-59-57-55-53-51-49-47-29-27-25-23-21-19-17-15-13-11-9-7-2/h24,26,65,67,72-73,77H,6-23,25,27-64,66,68-71H2,1-5H3,(H-,75,78,79,80)/p+1/b26-24-,67-65+. The molecule has 0 radical (unpaired) electrons. The lowest BCUT2D eigenvalue weighted by molar-refractivity contribution is -0.870. The highest BCUT2D eigenvalue weighted by Crippen LogP contribution is 2.43. The number of likely N-dealkylation sites (N-methyl/N-ethyl adjacent to an activating group) is 1. The molecule has 0 aromatic heterocycles. The van der Waals surface area contributed by atoms with Gasteiger partial charge >= 0.3 is 7.82 Å². The van der Waals surface area contributed by atoms with Crippen molar-refractivity contribution >= 4 is 13.7 Å². The average Bonchev–Trinajstić information content (AvgIpc) is 3.50. The summed E-state index contributed by atoms with van der Waals surface area (Å²) in [6.45, 7) is 4.88. The molecular formula is C74H148N2O6P+. The summed E-state index contributed by atoms with van der Waals surface area (Å²) in [6, 6.07) is -0.845. The highest BCUT2D eigenvalue weighted by Gasteiger charge is 2.28. The lowest BCUT2D eigenvalue weighted by Crippen LogP contribution is -2.45. The maximum Gasteiger partial charge on any atom is 0.472 e. The fraction of sp³-hybridized carbons (Fsp3) is 0.932. The van der Waals surface area contributed by atoms with Crippen LogP contribution < -0.4 is 5.32 Å². The van der Waals surface area contributed by atoms with Gasteiger partial charge in [0.2, 0.25) is 5.91 Å². The molecule has 0 saturated carbocycles. The number of carbonyl (C=O) groups excluding carboxylic acids is 1. The summed E-state index contributed by atoms with van der Waals surface area (Å²) in [4.78, 5) is 23.4. The Hall–Kier alpha value is -1.02. The molecule has 1 amide bonds. The minimum Gasteiger partial charge on any atom is -0.387 e. The Morgan fingerprint density at radius 2 is 0.651 bits per heavy atom. The van der Waals surface area contributed by atoms with E-state index in [1.54, 1.807) is 6.08 Å². The molecule has 0 bridgehead atoms. The summed E-state index contributed by atoms with van der Waals surface area (Å²) >= 11 is 0. The van der Waals surface area contributed by atoms with Crippen LogP contribution in [0.15, 0.2) is 24.3 Å². The van der Waals surface area contributed by atoms with Crippen molar-refractivity contribution in [3.8, 4) is 0 Å². The molecule has 0 saturated heterocycles. The zero-order chi connectivity index (χ0) is 60.5. The Morgan fingerprint density at radius 3 is 0.928 bits per heavy atom. The van der Waals surface area contributed by atoms with Gasteiger partial charge in [0.15, 0.2) is 0 Å². The van der Waals surface area contributed by atoms with Crippen molar-refractivity contribution < 1.29 is 32.9 Å². The number of rotatable bonds is 70. The van der Waals surface area contributed by atoms with Gasteiger partial charge in [-0.25, -0.2) is 4.57 Å². The number of phosphoric acid groups is 1. The molecule has 0 spiro atoms. The van der Waals surface area contributed by atoms with Crippen LogP contribution in [0.4, 0.5) is 0 Å². The zero-order valence-electron chi connectivity index (χ0n) is 56.7. The summed E-state index contributed by atoms with van der Waals surface area (Å²) in [6.07, 6.45) is 86.4. The third kappa shape index (κ3) is 68.3. The molecule has 0 aliphatic heterocycles. The van der Waals surface area contributed by atoms with Crippen molar-refractivity contribution in [3.63, 3.8) is 0 Å². The maximum atomic E-state index is 13.1. The average molecular weight is 1190 g/mol. The predicted molar refractivity (Wildman–Crippen MR) is 365 cm³/mol. The molecule has 494 valence electrons. The number of carbonyl (C=O) groups is 1. The minimum absolute atomic E-state index is 0.0648. The van der Waals surface area contributed by atoms with Crippen molar-refractivity contribution in [2.45, 2.75) is 405 Å². The van der Waals surface area contributed by atoms with E-state index in [-0.39, 0.29) is 19.1 Å². The van der Waals surface area contributed by atoms with Crippen molar-refractivity contribution in [1.29, 1.82) is 0 Å². The van der Waals surface area contributed by atoms with Crippen molar-refractivity contribution in [2.24, 2.45) is 0 Å². The van der Waals surface area contributed by atoms with Crippen LogP contribution in [-0.4, -0.2) is 73.4 Å². The molecule has 0 rings (SSSR count). The number of unbranched alkanes of at least 4 members (excludes halogenated alkanes) is 55. The third-order valence-corrected chi connectivity index (χ3v) is 18.4. The van der Waals surface area contributed by atoms with E-state index in [1.165, 1.54) is 340 Å². The van der Waals surface area contributed by atoms with Crippen LogP contribution in [-0.2, 0) is 18.4 Å². The second-order valence-electron chi connectivity index (χ2n) is 27.0. The number of hydrogen-bond donors (Lipinski definition) is 3. The molecule has 3 atom stereocenters. The fourth-order valence-corrected chi connectivity index (χ4v) is 12.4. The number of hydrogen-bond acceptors (Lipinski definition) is 5. The Labute approximate surface area is 519 Å². The van der Waals surface area contributed by atoms with Crippen LogP contribution in [0.2, 0.25) is 0 Å². The summed E-state index contributed by atoms with van der Waals surface area (Å²) < 4.78 is 23.8. The van der Waals surface area contributed by atoms with E-state index < -0.39 is 20.0 Å². The number of amides is 1. The predicted octanol–water partition coefficient (Wildman–Crippen LogP) is 23.8. The lowest BCUT2D eigenvalue weighted by atomic mass is 10.0. The molecule has 0 heterocycles. The molecule has 0 fully saturated rings. The van der Waals surface area contributed by atoms with Gasteiger partial charge in [-0.2, -0.15) is 0 Å². The van der Waals surface area contributed by atoms with Gasteiger partial charge in [-0.1, -0.05) is 366 Å². The summed E-state index contributed by atoms with van der Waals surface area (Å²) in [5.74, 6) is -0.167. The van der Waals surface area contributed by atoms with Crippen molar-refractivity contribution in [1.82, 2.24) is 5.32 Å². The number of allylic oxidation sites excluding steroid dienone is 3. The summed E-state index contributed by atoms with van der Waals surface area (Å²) in [7, 11) is 1.59. The van der Waals surface area contributed by atoms with Gasteiger partial charge in [0, 0.05) is 6.42 Å². The Kier molecular flexibility index (Phi) is 64.6. The monoisotopic (exact) mass is 1190 g/mol. The van der Waals surface area contributed by atoms with E-state index in [0.717, 1.165) is 32.1 Å². The number of phosphoric ester groups is 1. The second-order valence-corrected chi connectivity index (χ2v) is 28.5. The molecule has 8 nitrogen and oxygen atoms in total. The molecular weight excluding hydrogens is 1040 g/mol. The molecule has 83 heavy (non-hydrogen) atoms. The quantitative estimate of drug-likeness (QED) is 0.0243. The highest BCUT2D eigenvalue weighted by atomic mass is 31.2. The summed E-state index contributed by atoms with van der Waals surface area (Å²) in [5.41, 5.74) is 0. The number of quaternary nitrogens is 1. The first-order valence-corrected chi connectivity index (χ1v) is 38.7. The van der Waals surface area contributed by atoms with Crippen LogP contribution in [0.5, 0.6) is 0 Å². The third-order valence-electron chi connectivity index (χ3n) is 17.4. The van der Waals surface area contributed by atoms with Crippen LogP contribution in [0.25, 0.3) is 0 Å². The molecule has 9 heteroatoms. The minimum atomic E-state index is -4.35. The number of aliphatic hydroxyl groups excluding tert-OH is 1. The topological polar surface area (TPSA) is 105 Å². The van der Waals surface area contributed by atoms with E-state index in [9.17, 15) is 19.4 Å². The number of nitrogens with zero attached hydrogens (tertiary/aromatic N) is 1. The van der Waals surface area contributed by atoms with Crippen LogP contribution in [0.3, 0.4) is 0 Å². The van der Waals surface area contributed by atoms with Crippen LogP contribution >= 0.6 is 7.82 Å². The fourth-order valence-electron chi connectivity index (χ4n) is 11.6. The molecule has 0 aliphatic rings. The molecule has 0 aliphatic carbocycles. The first-order chi connectivity index (χ1) is 40.5. The van der Waals surface area contributed by atoms with Gasteiger partial charge in [-0.3, -0.25) is 13.8 Å². The molecule has 0 aromatic rings. The van der Waals surface area contributed by atoms with Gasteiger partial charge in [-0.05, 0) is 44.9 Å². The van der Waals surface area contributed by atoms with E-state index >= 15 is 0 Å². The van der Waals surface area contributed by atoms with Crippen molar-refractivity contribution in [3.05, 3.63) is 24.3 Å². The smallest absolute Gasteiger partial charge is 0.387 e. The first kappa shape index (κ1) is 82.0. The Balaban J connectivity index is 3.91.